The first kappa shape index (κ1) is 27.6. The first-order chi connectivity index (χ1) is 24.2. The predicted octanol–water partition coefficient (Wildman–Crippen LogP) is 11.2. The van der Waals surface area contributed by atoms with Gasteiger partial charge in [-0.3, -0.25) is 0 Å². The molecule has 10 rings (SSSR count). The van der Waals surface area contributed by atoms with Gasteiger partial charge in [0, 0.05) is 33.0 Å². The van der Waals surface area contributed by atoms with Gasteiger partial charge in [-0.25, -0.2) is 9.98 Å². The van der Waals surface area contributed by atoms with Crippen molar-refractivity contribution in [2.24, 2.45) is 9.98 Å². The monoisotopic (exact) mass is 627 g/mol. The standard InChI is InChI=1S/C45H29N3O/c1-4-12-31-25-34(20-17-28(31)9-1)37-23-24-39(41-38-15-7-8-16-40(38)49-42(37)41)45-47-43(35-21-18-29-10-2-5-13-32(29)26-35)46-44(48-45)36-22-19-30-11-3-6-14-33(30)27-36/h1-27,45H,(H,46,47,48). The molecule has 1 aromatic heterocycles. The number of aliphatic imine (C=N–C) groups is 2. The van der Waals surface area contributed by atoms with Gasteiger partial charge in [0.25, 0.3) is 0 Å². The van der Waals surface area contributed by atoms with E-state index in [-0.39, 0.29) is 0 Å². The van der Waals surface area contributed by atoms with Crippen molar-refractivity contribution < 1.29 is 4.42 Å². The van der Waals surface area contributed by atoms with E-state index < -0.39 is 6.17 Å². The summed E-state index contributed by atoms with van der Waals surface area (Å²) in [5.74, 6) is 1.57. The van der Waals surface area contributed by atoms with Gasteiger partial charge in [0.15, 0.2) is 6.17 Å². The van der Waals surface area contributed by atoms with Crippen molar-refractivity contribution in [1.29, 1.82) is 0 Å². The number of nitrogens with one attached hydrogen (secondary N) is 1. The summed E-state index contributed by atoms with van der Waals surface area (Å²) in [5, 5.41) is 12.8. The SMILES string of the molecule is c1ccc2cc(C3=NC(c4ccc(-c5ccc6ccccc6c5)c5oc6ccccc6c45)N=C(c4ccc5ccccc5c4)N3)ccc2c1. The Balaban J connectivity index is 1.19. The van der Waals surface area contributed by atoms with Crippen LogP contribution in [-0.4, -0.2) is 11.7 Å². The molecule has 0 aliphatic carbocycles. The third-order valence-corrected chi connectivity index (χ3v) is 9.68. The summed E-state index contributed by atoms with van der Waals surface area (Å²) in [6, 6.07) is 57.5. The summed E-state index contributed by atoms with van der Waals surface area (Å²) in [6.45, 7) is 0. The van der Waals surface area contributed by atoms with Gasteiger partial charge in [-0.15, -0.1) is 0 Å². The normalized spacial score (nSPS) is 13.6. The van der Waals surface area contributed by atoms with E-state index in [4.69, 9.17) is 14.4 Å². The van der Waals surface area contributed by atoms with Gasteiger partial charge in [0.2, 0.25) is 0 Å². The van der Waals surface area contributed by atoms with Crippen LogP contribution in [0, 0.1) is 0 Å². The van der Waals surface area contributed by atoms with E-state index in [1.54, 1.807) is 0 Å². The molecule has 0 radical (unpaired) electrons. The number of rotatable bonds is 4. The second-order valence-corrected chi connectivity index (χ2v) is 12.6. The second kappa shape index (κ2) is 11.0. The van der Waals surface area contributed by atoms with Crippen LogP contribution in [0.5, 0.6) is 0 Å². The van der Waals surface area contributed by atoms with Gasteiger partial charge in [-0.05, 0) is 62.1 Å². The minimum atomic E-state index is -0.502. The Morgan fingerprint density at radius 3 is 1.53 bits per heavy atom. The van der Waals surface area contributed by atoms with Crippen molar-refractivity contribution in [3.8, 4) is 11.1 Å². The third-order valence-electron chi connectivity index (χ3n) is 9.68. The lowest BCUT2D eigenvalue weighted by atomic mass is 9.95. The minimum absolute atomic E-state index is 0.502. The number of amidine groups is 2. The topological polar surface area (TPSA) is 49.9 Å². The fourth-order valence-corrected chi connectivity index (χ4v) is 7.21. The molecule has 1 aliphatic heterocycles. The van der Waals surface area contributed by atoms with E-state index in [9.17, 15) is 0 Å². The molecule has 0 saturated carbocycles. The molecule has 49 heavy (non-hydrogen) atoms. The minimum Gasteiger partial charge on any atom is -0.455 e. The number of hydrogen-bond donors (Lipinski definition) is 1. The Morgan fingerprint density at radius 2 is 0.939 bits per heavy atom. The summed E-state index contributed by atoms with van der Waals surface area (Å²) in [4.78, 5) is 10.6. The Hall–Kier alpha value is -6.52. The van der Waals surface area contributed by atoms with Gasteiger partial charge in [0.1, 0.15) is 22.8 Å². The molecule has 2 heterocycles. The quantitative estimate of drug-likeness (QED) is 0.211. The largest absolute Gasteiger partial charge is 0.455 e. The molecule has 230 valence electrons. The van der Waals surface area contributed by atoms with Gasteiger partial charge >= 0.3 is 0 Å². The number of hydrogen-bond acceptors (Lipinski definition) is 4. The maximum Gasteiger partial charge on any atom is 0.170 e. The smallest absolute Gasteiger partial charge is 0.170 e. The lowest BCUT2D eigenvalue weighted by molar-refractivity contribution is 0.668. The zero-order valence-electron chi connectivity index (χ0n) is 26.5. The highest BCUT2D eigenvalue weighted by molar-refractivity contribution is 6.18. The molecule has 9 aromatic rings. The Bertz CT molecular complexity index is 2730. The number of furan rings is 1. The van der Waals surface area contributed by atoms with Crippen LogP contribution in [0.3, 0.4) is 0 Å². The number of benzene rings is 8. The average Bonchev–Trinajstić information content (AvgIpc) is 3.56. The van der Waals surface area contributed by atoms with Crippen molar-refractivity contribution in [2.75, 3.05) is 0 Å². The van der Waals surface area contributed by atoms with Gasteiger partial charge in [-0.2, -0.15) is 0 Å². The molecule has 0 bridgehead atoms. The lowest BCUT2D eigenvalue weighted by Gasteiger charge is -2.23. The number of nitrogens with zero attached hydrogens (tertiary/aromatic N) is 2. The van der Waals surface area contributed by atoms with E-state index in [1.165, 1.54) is 32.3 Å². The summed E-state index contributed by atoms with van der Waals surface area (Å²) >= 11 is 0. The maximum atomic E-state index is 6.69. The van der Waals surface area contributed by atoms with Crippen LogP contribution in [-0.2, 0) is 0 Å². The van der Waals surface area contributed by atoms with E-state index >= 15 is 0 Å². The lowest BCUT2D eigenvalue weighted by Crippen LogP contribution is -2.36. The highest BCUT2D eigenvalue weighted by Crippen LogP contribution is 2.42. The summed E-state index contributed by atoms with van der Waals surface area (Å²) < 4.78 is 6.69. The molecule has 0 unspecified atom stereocenters. The Morgan fingerprint density at radius 1 is 0.449 bits per heavy atom. The van der Waals surface area contributed by atoms with Crippen LogP contribution >= 0.6 is 0 Å². The molecule has 0 atom stereocenters. The van der Waals surface area contributed by atoms with Gasteiger partial charge in [0.05, 0.1) is 0 Å². The maximum absolute atomic E-state index is 6.69. The van der Waals surface area contributed by atoms with Crippen molar-refractivity contribution in [1.82, 2.24) is 5.32 Å². The average molecular weight is 628 g/mol. The second-order valence-electron chi connectivity index (χ2n) is 12.6. The molecule has 0 spiro atoms. The summed E-state index contributed by atoms with van der Waals surface area (Å²) in [7, 11) is 0. The van der Waals surface area contributed by atoms with E-state index in [0.29, 0.717) is 0 Å². The van der Waals surface area contributed by atoms with E-state index in [2.05, 4.69) is 157 Å². The molecule has 0 amide bonds. The van der Waals surface area contributed by atoms with E-state index in [0.717, 1.165) is 61.4 Å². The molecule has 0 fully saturated rings. The zero-order valence-corrected chi connectivity index (χ0v) is 26.5. The van der Waals surface area contributed by atoms with Crippen LogP contribution in [0.15, 0.2) is 178 Å². The molecule has 8 aromatic carbocycles. The highest BCUT2D eigenvalue weighted by atomic mass is 16.3. The van der Waals surface area contributed by atoms with Crippen molar-refractivity contribution >= 4 is 65.9 Å². The fraction of sp³-hybridized carbons (Fsp3) is 0.0222. The van der Waals surface area contributed by atoms with Crippen LogP contribution in [0.2, 0.25) is 0 Å². The number of para-hydroxylation sites is 1. The third kappa shape index (κ3) is 4.68. The van der Waals surface area contributed by atoms with Crippen molar-refractivity contribution in [3.63, 3.8) is 0 Å². The molecular weight excluding hydrogens is 599 g/mol. The summed E-state index contributed by atoms with van der Waals surface area (Å²) in [6.07, 6.45) is -0.502. The molecule has 4 nitrogen and oxygen atoms in total. The first-order valence-electron chi connectivity index (χ1n) is 16.6. The van der Waals surface area contributed by atoms with Crippen molar-refractivity contribution in [2.45, 2.75) is 6.17 Å². The zero-order chi connectivity index (χ0) is 32.3. The number of fused-ring (bicyclic) bond motifs is 6. The Kier molecular flexibility index (Phi) is 6.21. The van der Waals surface area contributed by atoms with Gasteiger partial charge in [-0.1, -0.05) is 140 Å². The van der Waals surface area contributed by atoms with Crippen LogP contribution in [0.25, 0.3) is 65.4 Å². The highest BCUT2D eigenvalue weighted by Gasteiger charge is 2.26. The van der Waals surface area contributed by atoms with Crippen molar-refractivity contribution in [3.05, 3.63) is 180 Å². The van der Waals surface area contributed by atoms with Crippen LogP contribution in [0.1, 0.15) is 22.9 Å². The van der Waals surface area contributed by atoms with E-state index in [1.807, 2.05) is 12.1 Å². The predicted molar refractivity (Wildman–Crippen MR) is 204 cm³/mol. The molecule has 4 heteroatoms. The Labute approximate surface area is 282 Å². The molecular formula is C45H29N3O. The van der Waals surface area contributed by atoms with Crippen LogP contribution < -0.4 is 5.32 Å². The molecule has 1 aliphatic rings. The van der Waals surface area contributed by atoms with Gasteiger partial charge < -0.3 is 9.73 Å². The fourth-order valence-electron chi connectivity index (χ4n) is 7.21. The summed E-state index contributed by atoms with van der Waals surface area (Å²) in [5.41, 5.74) is 6.88. The van der Waals surface area contributed by atoms with Crippen LogP contribution in [0.4, 0.5) is 0 Å². The molecule has 1 N–H and O–H groups in total. The molecule has 0 saturated heterocycles. The first-order valence-corrected chi connectivity index (χ1v) is 16.6.